The number of nitrogens with zero attached hydrogens (tertiary/aromatic N) is 3. The van der Waals surface area contributed by atoms with E-state index in [-0.39, 0.29) is 17.0 Å². The molecule has 13 heteroatoms. The predicted octanol–water partition coefficient (Wildman–Crippen LogP) is 3.03. The standard InChI is InChI=1S/C20H14N4O8S/c25-20(18-9-1-2-10-19(18)24(28)29)22-21-13-14-5-3-7-16(11-14)32-33(30,31)17-8-4-6-15(12-17)23(26)27/h1-13H,(H,22,25)/b21-13-. The lowest BCUT2D eigenvalue weighted by Gasteiger charge is -2.07. The van der Waals surface area contributed by atoms with Crippen LogP contribution in [0.5, 0.6) is 5.75 Å². The highest BCUT2D eigenvalue weighted by molar-refractivity contribution is 7.87. The lowest BCUT2D eigenvalue weighted by Crippen LogP contribution is -2.18. The van der Waals surface area contributed by atoms with E-state index in [9.17, 15) is 33.4 Å². The topological polar surface area (TPSA) is 171 Å². The molecule has 0 aliphatic heterocycles. The second kappa shape index (κ2) is 9.65. The fraction of sp³-hybridized carbons (Fsp3) is 0. The van der Waals surface area contributed by atoms with Gasteiger partial charge in [0.05, 0.1) is 16.1 Å². The highest BCUT2D eigenvalue weighted by Crippen LogP contribution is 2.22. The number of para-hydroxylation sites is 1. The van der Waals surface area contributed by atoms with Crippen LogP contribution in [0.25, 0.3) is 0 Å². The minimum atomic E-state index is -4.35. The molecule has 12 nitrogen and oxygen atoms in total. The number of carbonyl (C=O) groups is 1. The molecule has 1 N–H and O–H groups in total. The van der Waals surface area contributed by atoms with E-state index in [2.05, 4.69) is 10.5 Å². The van der Waals surface area contributed by atoms with Crippen molar-refractivity contribution in [3.05, 3.63) is 104 Å². The van der Waals surface area contributed by atoms with Crippen molar-refractivity contribution in [3.63, 3.8) is 0 Å². The first-order valence-corrected chi connectivity index (χ1v) is 10.4. The number of rotatable bonds is 8. The highest BCUT2D eigenvalue weighted by atomic mass is 32.2. The van der Waals surface area contributed by atoms with Crippen LogP contribution in [0.4, 0.5) is 11.4 Å². The van der Waals surface area contributed by atoms with Crippen molar-refractivity contribution in [1.82, 2.24) is 5.43 Å². The average molecular weight is 470 g/mol. The second-order valence-corrected chi connectivity index (χ2v) is 7.88. The van der Waals surface area contributed by atoms with Crippen molar-refractivity contribution in [1.29, 1.82) is 0 Å². The summed E-state index contributed by atoms with van der Waals surface area (Å²) >= 11 is 0. The number of amides is 1. The Morgan fingerprint density at radius 2 is 1.67 bits per heavy atom. The summed E-state index contributed by atoms with van der Waals surface area (Å²) in [5.74, 6) is -0.908. The largest absolute Gasteiger partial charge is 0.379 e. The minimum Gasteiger partial charge on any atom is -0.379 e. The molecule has 0 fully saturated rings. The number of non-ortho nitro benzene ring substituents is 1. The molecule has 0 unspecified atom stereocenters. The Morgan fingerprint density at radius 3 is 2.39 bits per heavy atom. The van der Waals surface area contributed by atoms with E-state index in [0.29, 0.717) is 5.56 Å². The number of nitro groups is 2. The van der Waals surface area contributed by atoms with Gasteiger partial charge in [-0.25, -0.2) is 5.43 Å². The number of benzene rings is 3. The van der Waals surface area contributed by atoms with Gasteiger partial charge in [-0.15, -0.1) is 0 Å². The molecule has 0 radical (unpaired) electrons. The monoisotopic (exact) mass is 470 g/mol. The third kappa shape index (κ3) is 5.74. The molecule has 0 aliphatic carbocycles. The zero-order valence-corrected chi connectivity index (χ0v) is 17.3. The number of hydrogen-bond donors (Lipinski definition) is 1. The Hall–Kier alpha value is -4.65. The van der Waals surface area contributed by atoms with Crippen molar-refractivity contribution < 1.29 is 27.2 Å². The molecule has 3 aromatic rings. The lowest BCUT2D eigenvalue weighted by atomic mass is 10.2. The summed E-state index contributed by atoms with van der Waals surface area (Å²) in [6.45, 7) is 0. The minimum absolute atomic E-state index is 0.101. The summed E-state index contributed by atoms with van der Waals surface area (Å²) in [5.41, 5.74) is 1.52. The molecule has 168 valence electrons. The number of hydrogen-bond acceptors (Lipinski definition) is 9. The van der Waals surface area contributed by atoms with Gasteiger partial charge in [0.25, 0.3) is 17.3 Å². The van der Waals surface area contributed by atoms with E-state index < -0.39 is 36.5 Å². The van der Waals surface area contributed by atoms with Gasteiger partial charge in [0.2, 0.25) is 0 Å². The molecule has 0 saturated heterocycles. The molecule has 3 aromatic carbocycles. The van der Waals surface area contributed by atoms with Gasteiger partial charge in [-0.05, 0) is 29.8 Å². The number of carbonyl (C=O) groups excluding carboxylic acids is 1. The van der Waals surface area contributed by atoms with Crippen molar-refractivity contribution in [2.75, 3.05) is 0 Å². The molecule has 0 saturated carbocycles. The summed E-state index contributed by atoms with van der Waals surface area (Å²) in [4.78, 5) is 32.2. The molecule has 0 spiro atoms. The zero-order valence-electron chi connectivity index (χ0n) is 16.5. The van der Waals surface area contributed by atoms with Crippen molar-refractivity contribution in [2.24, 2.45) is 5.10 Å². The molecule has 33 heavy (non-hydrogen) atoms. The third-order valence-electron chi connectivity index (χ3n) is 4.11. The van der Waals surface area contributed by atoms with Crippen molar-refractivity contribution >= 4 is 33.6 Å². The summed E-state index contributed by atoms with van der Waals surface area (Å²) in [5, 5.41) is 25.6. The molecule has 0 heterocycles. The fourth-order valence-electron chi connectivity index (χ4n) is 2.62. The molecule has 0 aliphatic rings. The first-order chi connectivity index (χ1) is 15.7. The van der Waals surface area contributed by atoms with Gasteiger partial charge in [0.1, 0.15) is 16.2 Å². The van der Waals surface area contributed by atoms with Gasteiger partial charge in [0, 0.05) is 18.2 Å². The van der Waals surface area contributed by atoms with Crippen LogP contribution in [-0.2, 0) is 10.1 Å². The van der Waals surface area contributed by atoms with Crippen molar-refractivity contribution in [3.8, 4) is 5.75 Å². The maximum atomic E-state index is 12.4. The van der Waals surface area contributed by atoms with Crippen LogP contribution in [0.3, 0.4) is 0 Å². The van der Waals surface area contributed by atoms with E-state index in [4.69, 9.17) is 4.18 Å². The SMILES string of the molecule is O=C(N/N=C\c1cccc(OS(=O)(=O)c2cccc([N+](=O)[O-])c2)c1)c1ccccc1[N+](=O)[O-]. The molecule has 1 amide bonds. The summed E-state index contributed by atoms with van der Waals surface area (Å²) in [6.07, 6.45) is 1.18. The number of nitro benzene ring substituents is 2. The van der Waals surface area contributed by atoms with Crippen LogP contribution >= 0.6 is 0 Å². The molecular weight excluding hydrogens is 456 g/mol. The molecule has 0 atom stereocenters. The van der Waals surface area contributed by atoms with E-state index >= 15 is 0 Å². The van der Waals surface area contributed by atoms with E-state index in [1.807, 2.05) is 0 Å². The summed E-state index contributed by atoms with van der Waals surface area (Å²) in [6, 6.07) is 15.4. The average Bonchev–Trinajstić information content (AvgIpc) is 2.79. The zero-order chi connectivity index (χ0) is 24.0. The third-order valence-corrected chi connectivity index (χ3v) is 5.35. The van der Waals surface area contributed by atoms with Crippen molar-refractivity contribution in [2.45, 2.75) is 4.90 Å². The summed E-state index contributed by atoms with van der Waals surface area (Å²) < 4.78 is 29.9. The van der Waals surface area contributed by atoms with Gasteiger partial charge in [0.15, 0.2) is 0 Å². The predicted molar refractivity (Wildman–Crippen MR) is 116 cm³/mol. The Balaban J connectivity index is 1.73. The Kier molecular flexibility index (Phi) is 6.74. The highest BCUT2D eigenvalue weighted by Gasteiger charge is 2.20. The van der Waals surface area contributed by atoms with Gasteiger partial charge in [-0.3, -0.25) is 25.0 Å². The van der Waals surface area contributed by atoms with Gasteiger partial charge in [-0.2, -0.15) is 13.5 Å². The maximum absolute atomic E-state index is 12.4. The van der Waals surface area contributed by atoms with Crippen LogP contribution < -0.4 is 9.61 Å². The number of nitrogens with one attached hydrogen (secondary N) is 1. The van der Waals surface area contributed by atoms with Gasteiger partial charge < -0.3 is 4.18 Å². The van der Waals surface area contributed by atoms with Crippen LogP contribution in [0.1, 0.15) is 15.9 Å². The normalized spacial score (nSPS) is 11.2. The Labute approximate surface area is 186 Å². The Morgan fingerprint density at radius 1 is 0.939 bits per heavy atom. The van der Waals surface area contributed by atoms with Crippen LogP contribution in [0, 0.1) is 20.2 Å². The second-order valence-electron chi connectivity index (χ2n) is 6.34. The van der Waals surface area contributed by atoms with E-state index in [1.165, 1.54) is 60.8 Å². The molecule has 3 rings (SSSR count). The molecular formula is C20H14N4O8S. The fourth-order valence-corrected chi connectivity index (χ4v) is 3.59. The van der Waals surface area contributed by atoms with Gasteiger partial charge in [-0.1, -0.05) is 30.3 Å². The smallest absolute Gasteiger partial charge is 0.339 e. The lowest BCUT2D eigenvalue weighted by molar-refractivity contribution is -0.385. The van der Waals surface area contributed by atoms with E-state index in [0.717, 1.165) is 18.2 Å². The summed E-state index contributed by atoms with van der Waals surface area (Å²) in [7, 11) is -4.35. The first-order valence-electron chi connectivity index (χ1n) is 9.03. The van der Waals surface area contributed by atoms with E-state index in [1.54, 1.807) is 0 Å². The molecule has 0 aromatic heterocycles. The Bertz CT molecular complexity index is 1370. The molecule has 0 bridgehead atoms. The van der Waals surface area contributed by atoms with Crippen LogP contribution in [0.15, 0.2) is 82.8 Å². The van der Waals surface area contributed by atoms with Crippen LogP contribution in [-0.4, -0.2) is 30.4 Å². The maximum Gasteiger partial charge on any atom is 0.339 e. The van der Waals surface area contributed by atoms with Crippen LogP contribution in [0.2, 0.25) is 0 Å². The quantitative estimate of drug-likeness (QED) is 0.226. The van der Waals surface area contributed by atoms with Gasteiger partial charge >= 0.3 is 10.1 Å². The first kappa shape index (κ1) is 23.0. The number of hydrazone groups is 1.